The van der Waals surface area contributed by atoms with Crippen molar-refractivity contribution in [2.45, 2.75) is 62.1 Å². The summed E-state index contributed by atoms with van der Waals surface area (Å²) in [6.07, 6.45) is 6.47. The van der Waals surface area contributed by atoms with E-state index in [0.717, 1.165) is 15.4 Å². The van der Waals surface area contributed by atoms with Gasteiger partial charge in [-0.1, -0.05) is 11.6 Å². The van der Waals surface area contributed by atoms with E-state index in [1.165, 1.54) is 18.0 Å². The van der Waals surface area contributed by atoms with E-state index in [1.54, 1.807) is 42.5 Å². The van der Waals surface area contributed by atoms with Gasteiger partial charge >= 0.3 is 0 Å². The number of hydrogen-bond donors (Lipinski definition) is 1. The maximum atomic E-state index is 12.0. The number of aliphatic hydroxyl groups excluding tert-OH is 1. The molecule has 2 aromatic heterocycles. The van der Waals surface area contributed by atoms with Gasteiger partial charge in [0.25, 0.3) is 5.91 Å². The minimum absolute atomic E-state index is 0.0349. The first-order valence-corrected chi connectivity index (χ1v) is 15.3. The maximum absolute atomic E-state index is 12.0. The van der Waals surface area contributed by atoms with Crippen molar-refractivity contribution in [1.82, 2.24) is 19.8 Å². The second-order valence-corrected chi connectivity index (χ2v) is 12.5. The van der Waals surface area contributed by atoms with Crippen LogP contribution in [-0.2, 0) is 32.2 Å². The van der Waals surface area contributed by atoms with E-state index in [0.29, 0.717) is 22.2 Å². The van der Waals surface area contributed by atoms with Gasteiger partial charge < -0.3 is 14.9 Å². The lowest BCUT2D eigenvalue weighted by atomic mass is 10.3. The Balaban J connectivity index is 0.000000360. The first-order chi connectivity index (χ1) is 16.9. The molecule has 2 heterocycles. The van der Waals surface area contributed by atoms with E-state index in [2.05, 4.69) is 9.97 Å². The summed E-state index contributed by atoms with van der Waals surface area (Å²) in [7, 11) is 9.20. The van der Waals surface area contributed by atoms with Crippen LogP contribution >= 0.6 is 45.6 Å². The largest absolute Gasteiger partial charge is 0.392 e. The van der Waals surface area contributed by atoms with Gasteiger partial charge in [0.05, 0.1) is 29.5 Å². The molecule has 12 heteroatoms. The Bertz CT molecular complexity index is 999. The SMILES string of the molecule is CC(C)N(C)C(=O)CSc1cncc(Cl)c1CO.CC(C)N(C)C(=O)C[S+](Cl)c1cnccc1CCl. The molecule has 36 heavy (non-hydrogen) atoms. The van der Waals surface area contributed by atoms with Gasteiger partial charge in [0, 0.05) is 60.8 Å². The van der Waals surface area contributed by atoms with Crippen molar-refractivity contribution in [1.29, 1.82) is 0 Å². The number of aromatic nitrogens is 2. The summed E-state index contributed by atoms with van der Waals surface area (Å²) in [4.78, 5) is 36.8. The standard InChI is InChI=1S/C12H17Cl2N2OS.C12H17ClN2O2S/c1-9(2)16(3)12(17)8-18(14)11-7-15-5-4-10(11)6-13;1-8(2)15(3)12(17)7-18-11-5-14-4-10(13)9(11)6-16/h4-5,7,9H,6,8H2,1-3H3;4-5,8,16H,6-7H2,1-3H3/q+1;. The molecule has 0 saturated carbocycles. The summed E-state index contributed by atoms with van der Waals surface area (Å²) in [6, 6.07) is 2.18. The first kappa shape index (κ1) is 32.8. The normalized spacial score (nSPS) is 11.7. The monoisotopic (exact) mass is 595 g/mol. The van der Waals surface area contributed by atoms with Crippen molar-refractivity contribution in [3.63, 3.8) is 0 Å². The molecule has 1 unspecified atom stereocenters. The van der Waals surface area contributed by atoms with E-state index in [9.17, 15) is 14.7 Å². The summed E-state index contributed by atoms with van der Waals surface area (Å²) in [5.41, 5.74) is 1.56. The van der Waals surface area contributed by atoms with E-state index < -0.39 is 10.1 Å². The maximum Gasteiger partial charge on any atom is 0.274 e. The summed E-state index contributed by atoms with van der Waals surface area (Å²) in [5.74, 6) is 1.05. The first-order valence-electron chi connectivity index (χ1n) is 11.2. The lowest BCUT2D eigenvalue weighted by Crippen LogP contribution is -2.36. The molecule has 0 aromatic carbocycles. The van der Waals surface area contributed by atoms with Gasteiger partial charge in [-0.15, -0.1) is 23.4 Å². The number of aliphatic hydroxyl groups is 1. The summed E-state index contributed by atoms with van der Waals surface area (Å²) >= 11 is 13.1. The molecule has 0 aliphatic heterocycles. The summed E-state index contributed by atoms with van der Waals surface area (Å²) in [6.45, 7) is 7.71. The van der Waals surface area contributed by atoms with Crippen molar-refractivity contribution in [3.05, 3.63) is 47.0 Å². The molecular weight excluding hydrogens is 563 g/mol. The fourth-order valence-electron chi connectivity index (χ4n) is 2.55. The zero-order chi connectivity index (χ0) is 27.4. The van der Waals surface area contributed by atoms with Crippen LogP contribution in [0.3, 0.4) is 0 Å². The Morgan fingerprint density at radius 2 is 1.67 bits per heavy atom. The Morgan fingerprint density at radius 3 is 2.22 bits per heavy atom. The van der Waals surface area contributed by atoms with Gasteiger partial charge in [-0.2, -0.15) is 0 Å². The topological polar surface area (TPSA) is 86.6 Å². The number of pyridine rings is 2. The highest BCUT2D eigenvalue weighted by Crippen LogP contribution is 2.27. The number of amides is 2. The predicted octanol–water partition coefficient (Wildman–Crippen LogP) is 5.00. The average molecular weight is 597 g/mol. The third-order valence-electron chi connectivity index (χ3n) is 5.31. The molecule has 0 aliphatic carbocycles. The zero-order valence-electron chi connectivity index (χ0n) is 21.4. The minimum atomic E-state index is -0.678. The Morgan fingerprint density at radius 1 is 1.06 bits per heavy atom. The second-order valence-electron chi connectivity index (χ2n) is 8.33. The van der Waals surface area contributed by atoms with Gasteiger partial charge in [-0.3, -0.25) is 19.6 Å². The van der Waals surface area contributed by atoms with Crippen molar-refractivity contribution in [3.8, 4) is 0 Å². The number of rotatable bonds is 10. The molecule has 1 atom stereocenters. The number of thioether (sulfide) groups is 1. The number of carbonyl (C=O) groups excluding carboxylic acids is 2. The van der Waals surface area contributed by atoms with E-state index in [4.69, 9.17) is 33.9 Å². The van der Waals surface area contributed by atoms with Crippen LogP contribution in [0.25, 0.3) is 0 Å². The quantitative estimate of drug-likeness (QED) is 0.236. The molecule has 2 aromatic rings. The van der Waals surface area contributed by atoms with Crippen LogP contribution in [0.1, 0.15) is 38.8 Å². The third kappa shape index (κ3) is 10.3. The van der Waals surface area contributed by atoms with Crippen molar-refractivity contribution in [2.75, 3.05) is 25.6 Å². The molecule has 0 aliphatic rings. The highest BCUT2D eigenvalue weighted by molar-refractivity contribution is 8.18. The van der Waals surface area contributed by atoms with Gasteiger partial charge in [0.1, 0.15) is 0 Å². The molecule has 2 rings (SSSR count). The van der Waals surface area contributed by atoms with Crippen LogP contribution in [0.4, 0.5) is 0 Å². The Kier molecular flexibility index (Phi) is 15.1. The fourth-order valence-corrected chi connectivity index (χ4v) is 5.97. The van der Waals surface area contributed by atoms with Crippen molar-refractivity contribution in [2.24, 2.45) is 0 Å². The number of carbonyl (C=O) groups is 2. The smallest absolute Gasteiger partial charge is 0.274 e. The van der Waals surface area contributed by atoms with Gasteiger partial charge in [0.15, 0.2) is 25.7 Å². The fraction of sp³-hybridized carbons (Fsp3) is 0.500. The molecule has 2 amide bonds. The van der Waals surface area contributed by atoms with Gasteiger partial charge in [-0.05, 0) is 33.8 Å². The van der Waals surface area contributed by atoms with Crippen LogP contribution in [0.5, 0.6) is 0 Å². The number of alkyl halides is 1. The Labute approximate surface area is 235 Å². The highest BCUT2D eigenvalue weighted by Gasteiger charge is 2.29. The van der Waals surface area contributed by atoms with Gasteiger partial charge in [-0.25, -0.2) is 0 Å². The highest BCUT2D eigenvalue weighted by atomic mass is 35.7. The molecule has 0 saturated heterocycles. The second kappa shape index (κ2) is 16.6. The molecule has 7 nitrogen and oxygen atoms in total. The molecule has 0 spiro atoms. The predicted molar refractivity (Wildman–Crippen MR) is 152 cm³/mol. The zero-order valence-corrected chi connectivity index (χ0v) is 25.3. The van der Waals surface area contributed by atoms with E-state index in [-0.39, 0.29) is 36.3 Å². The average Bonchev–Trinajstić information content (AvgIpc) is 2.86. The molecular formula is C24H34Cl3N4O3S2+. The lowest BCUT2D eigenvalue weighted by Gasteiger charge is -2.21. The lowest BCUT2D eigenvalue weighted by molar-refractivity contribution is -0.129. The van der Waals surface area contributed by atoms with Crippen LogP contribution in [0.15, 0.2) is 40.6 Å². The van der Waals surface area contributed by atoms with Crippen LogP contribution in [0.2, 0.25) is 5.02 Å². The number of nitrogens with zero attached hydrogens (tertiary/aromatic N) is 4. The van der Waals surface area contributed by atoms with E-state index in [1.807, 2.05) is 33.8 Å². The molecule has 0 radical (unpaired) electrons. The van der Waals surface area contributed by atoms with E-state index >= 15 is 0 Å². The summed E-state index contributed by atoms with van der Waals surface area (Å²) < 4.78 is 0. The molecule has 1 N–H and O–H groups in total. The van der Waals surface area contributed by atoms with Crippen LogP contribution in [-0.4, -0.2) is 74.4 Å². The molecule has 200 valence electrons. The number of halogens is 3. The van der Waals surface area contributed by atoms with Crippen LogP contribution in [0, 0.1) is 0 Å². The molecule has 0 fully saturated rings. The minimum Gasteiger partial charge on any atom is -0.392 e. The molecule has 0 bridgehead atoms. The van der Waals surface area contributed by atoms with Crippen molar-refractivity contribution >= 4 is 67.6 Å². The Hall–Kier alpha value is -1.23. The van der Waals surface area contributed by atoms with Crippen molar-refractivity contribution < 1.29 is 14.7 Å². The third-order valence-corrected chi connectivity index (χ3v) is 9.15. The van der Waals surface area contributed by atoms with Crippen LogP contribution < -0.4 is 0 Å². The number of hydrogen-bond acceptors (Lipinski definition) is 6. The van der Waals surface area contributed by atoms with Gasteiger partial charge in [0.2, 0.25) is 11.7 Å². The summed E-state index contributed by atoms with van der Waals surface area (Å²) in [5, 5.41) is 9.66.